The first-order chi connectivity index (χ1) is 17.0. The van der Waals surface area contributed by atoms with E-state index >= 15 is 0 Å². The largest absolute Gasteiger partial charge is 0.497 e. The third kappa shape index (κ3) is 5.65. The summed E-state index contributed by atoms with van der Waals surface area (Å²) in [6.07, 6.45) is 3.32. The molecule has 0 unspecified atom stereocenters. The zero-order chi connectivity index (χ0) is 24.8. The van der Waals surface area contributed by atoms with E-state index in [1.807, 2.05) is 18.2 Å². The van der Waals surface area contributed by atoms with Crippen LogP contribution in [0, 0.1) is 5.41 Å². The van der Waals surface area contributed by atoms with Gasteiger partial charge in [-0.2, -0.15) is 15.1 Å². The minimum absolute atomic E-state index is 0.00703. The monoisotopic (exact) mass is 494 g/mol. The second-order valence-corrected chi connectivity index (χ2v) is 8.59. The number of ether oxygens (including phenoxy) is 4. The summed E-state index contributed by atoms with van der Waals surface area (Å²) < 4.78 is 22.2. The molecule has 2 aliphatic heterocycles. The number of fused-ring (bicyclic) bond motifs is 1. The molecule has 2 aromatic carbocycles. The van der Waals surface area contributed by atoms with Gasteiger partial charge in [0.1, 0.15) is 29.8 Å². The van der Waals surface area contributed by atoms with Crippen LogP contribution in [-0.4, -0.2) is 54.4 Å². The van der Waals surface area contributed by atoms with Gasteiger partial charge in [-0.25, -0.2) is 0 Å². The minimum atomic E-state index is -0.462. The lowest BCUT2D eigenvalue weighted by molar-refractivity contribution is -0.114. The number of rotatable bonds is 10. The van der Waals surface area contributed by atoms with Crippen molar-refractivity contribution in [2.45, 2.75) is 19.8 Å². The van der Waals surface area contributed by atoms with Crippen LogP contribution in [0.15, 0.2) is 58.1 Å². The Balaban J connectivity index is 1.42. The maximum atomic E-state index is 12.6. The lowest BCUT2D eigenvalue weighted by Crippen LogP contribution is -2.35. The van der Waals surface area contributed by atoms with Crippen LogP contribution in [0.5, 0.6) is 23.0 Å². The number of hydrazone groups is 1. The van der Waals surface area contributed by atoms with Crippen molar-refractivity contribution in [1.29, 1.82) is 5.41 Å². The number of methoxy groups -OCH3 is 2. The number of aliphatic imine (C=N–C) groups is 1. The maximum absolute atomic E-state index is 12.6. The highest BCUT2D eigenvalue weighted by Crippen LogP contribution is 2.32. The van der Waals surface area contributed by atoms with Gasteiger partial charge in [0.2, 0.25) is 5.17 Å². The standard InChI is InChI=1S/C25H26N4O5S/c1-4-6-22-28-29-23(26)19(24(30)27-25(29)35-22)13-16-9-10-20(21(14-16)32-3)34-12-11-33-18-8-5-7-17(15-18)31-2/h5,7-10,13-15,26H,4,6,11-12H2,1-3H3/b19-13-,26-23?. The Morgan fingerprint density at radius 3 is 2.60 bits per heavy atom. The Bertz CT molecular complexity index is 1220. The molecule has 1 amide bonds. The summed E-state index contributed by atoms with van der Waals surface area (Å²) in [5.74, 6) is 2.00. The van der Waals surface area contributed by atoms with Gasteiger partial charge in [0.25, 0.3) is 5.91 Å². The Morgan fingerprint density at radius 1 is 1.03 bits per heavy atom. The molecule has 1 N–H and O–H groups in total. The molecule has 0 aliphatic carbocycles. The summed E-state index contributed by atoms with van der Waals surface area (Å²) in [7, 11) is 3.15. The average Bonchev–Trinajstić information content (AvgIpc) is 3.27. The number of hydrogen-bond donors (Lipinski definition) is 1. The number of nitrogens with zero attached hydrogens (tertiary/aromatic N) is 3. The molecule has 0 radical (unpaired) electrons. The molecule has 0 saturated heterocycles. The van der Waals surface area contributed by atoms with E-state index in [4.69, 9.17) is 24.4 Å². The summed E-state index contributed by atoms with van der Waals surface area (Å²) >= 11 is 1.34. The first-order valence-corrected chi connectivity index (χ1v) is 11.9. The summed E-state index contributed by atoms with van der Waals surface area (Å²) in [5.41, 5.74) is 0.844. The summed E-state index contributed by atoms with van der Waals surface area (Å²) in [6.45, 7) is 2.69. The van der Waals surface area contributed by atoms with Crippen molar-refractivity contribution < 1.29 is 23.7 Å². The second kappa shape index (κ2) is 11.1. The molecule has 9 nitrogen and oxygen atoms in total. The van der Waals surface area contributed by atoms with Gasteiger partial charge in [-0.3, -0.25) is 10.2 Å². The number of amidine groups is 2. The average molecular weight is 495 g/mol. The normalized spacial score (nSPS) is 16.1. The molecular weight excluding hydrogens is 468 g/mol. The van der Waals surface area contributed by atoms with Gasteiger partial charge in [-0.05, 0) is 60.5 Å². The van der Waals surface area contributed by atoms with Crippen LogP contribution in [0.1, 0.15) is 25.3 Å². The number of carbonyl (C=O) groups excluding carboxylic acids is 1. The number of carbonyl (C=O) groups is 1. The fourth-order valence-electron chi connectivity index (χ4n) is 3.41. The lowest BCUT2D eigenvalue weighted by atomic mass is 10.1. The van der Waals surface area contributed by atoms with Crippen LogP contribution < -0.4 is 18.9 Å². The van der Waals surface area contributed by atoms with E-state index < -0.39 is 5.91 Å². The molecule has 10 heteroatoms. The van der Waals surface area contributed by atoms with Gasteiger partial charge in [0.15, 0.2) is 17.3 Å². The molecule has 0 bridgehead atoms. The predicted octanol–water partition coefficient (Wildman–Crippen LogP) is 4.58. The molecule has 0 atom stereocenters. The maximum Gasteiger partial charge on any atom is 0.283 e. The first-order valence-electron chi connectivity index (χ1n) is 11.1. The fraction of sp³-hybridized carbons (Fsp3) is 0.280. The van der Waals surface area contributed by atoms with Gasteiger partial charge in [-0.15, -0.1) is 0 Å². The van der Waals surface area contributed by atoms with Crippen molar-refractivity contribution in [3.05, 3.63) is 53.6 Å². The predicted molar refractivity (Wildman–Crippen MR) is 137 cm³/mol. The van der Waals surface area contributed by atoms with Gasteiger partial charge >= 0.3 is 0 Å². The quantitative estimate of drug-likeness (QED) is 0.381. The molecule has 0 saturated carbocycles. The highest BCUT2D eigenvalue weighted by Gasteiger charge is 2.35. The number of benzene rings is 2. The number of amides is 1. The van der Waals surface area contributed by atoms with Crippen molar-refractivity contribution in [2.24, 2.45) is 10.1 Å². The van der Waals surface area contributed by atoms with Crippen LogP contribution in [0.4, 0.5) is 0 Å². The van der Waals surface area contributed by atoms with Crippen LogP contribution in [-0.2, 0) is 4.79 Å². The van der Waals surface area contributed by atoms with Crippen molar-refractivity contribution in [3.63, 3.8) is 0 Å². The molecular formula is C25H26N4O5S. The van der Waals surface area contributed by atoms with E-state index in [-0.39, 0.29) is 11.4 Å². The Kier molecular flexibility index (Phi) is 7.71. The third-order valence-electron chi connectivity index (χ3n) is 5.11. The number of hydrogen-bond acceptors (Lipinski definition) is 8. The summed E-state index contributed by atoms with van der Waals surface area (Å²) in [6, 6.07) is 12.6. The van der Waals surface area contributed by atoms with Crippen molar-refractivity contribution >= 4 is 39.8 Å². The molecule has 35 heavy (non-hydrogen) atoms. The zero-order valence-corrected chi connectivity index (χ0v) is 20.6. The fourth-order valence-corrected chi connectivity index (χ4v) is 4.40. The number of nitrogens with one attached hydrogen (secondary N) is 1. The topological polar surface area (TPSA) is 106 Å². The smallest absolute Gasteiger partial charge is 0.283 e. The molecule has 2 heterocycles. The Morgan fingerprint density at radius 2 is 1.83 bits per heavy atom. The van der Waals surface area contributed by atoms with Gasteiger partial charge in [-0.1, -0.05) is 19.1 Å². The van der Waals surface area contributed by atoms with Crippen molar-refractivity contribution in [2.75, 3.05) is 27.4 Å². The Hall–Kier alpha value is -3.79. The summed E-state index contributed by atoms with van der Waals surface area (Å²) in [4.78, 5) is 16.7. The first kappa shape index (κ1) is 24.3. The molecule has 0 aromatic heterocycles. The van der Waals surface area contributed by atoms with Gasteiger partial charge in [0, 0.05) is 6.07 Å². The Labute approximate surface area is 207 Å². The highest BCUT2D eigenvalue weighted by molar-refractivity contribution is 8.26. The second-order valence-electron chi connectivity index (χ2n) is 7.55. The van der Waals surface area contributed by atoms with Crippen LogP contribution in [0.2, 0.25) is 0 Å². The van der Waals surface area contributed by atoms with Crippen molar-refractivity contribution in [3.8, 4) is 23.0 Å². The summed E-state index contributed by atoms with van der Waals surface area (Å²) in [5, 5.41) is 15.6. The van der Waals surface area contributed by atoms with E-state index in [1.165, 1.54) is 16.8 Å². The van der Waals surface area contributed by atoms with Crippen LogP contribution in [0.25, 0.3) is 6.08 Å². The van der Waals surface area contributed by atoms with E-state index in [2.05, 4.69) is 17.0 Å². The SMILES string of the molecule is CCCC1=NN2C(=N)/C(=C/c3ccc(OCCOc4cccc(OC)c4)c(OC)c3)C(=O)N=C2S1. The van der Waals surface area contributed by atoms with Crippen LogP contribution >= 0.6 is 11.8 Å². The van der Waals surface area contributed by atoms with E-state index in [0.717, 1.165) is 23.6 Å². The van der Waals surface area contributed by atoms with E-state index in [1.54, 1.807) is 44.6 Å². The van der Waals surface area contributed by atoms with E-state index in [0.29, 0.717) is 41.2 Å². The molecule has 4 rings (SSSR count). The molecule has 2 aliphatic rings. The van der Waals surface area contributed by atoms with Crippen LogP contribution in [0.3, 0.4) is 0 Å². The van der Waals surface area contributed by atoms with E-state index in [9.17, 15) is 4.79 Å². The zero-order valence-electron chi connectivity index (χ0n) is 19.7. The van der Waals surface area contributed by atoms with Gasteiger partial charge < -0.3 is 18.9 Å². The number of thioether (sulfide) groups is 1. The highest BCUT2D eigenvalue weighted by atomic mass is 32.2. The molecule has 0 spiro atoms. The van der Waals surface area contributed by atoms with Crippen molar-refractivity contribution in [1.82, 2.24) is 5.01 Å². The minimum Gasteiger partial charge on any atom is -0.497 e. The molecule has 182 valence electrons. The lowest BCUT2D eigenvalue weighted by Gasteiger charge is -2.20. The van der Waals surface area contributed by atoms with Gasteiger partial charge in [0.05, 0.1) is 19.8 Å². The molecule has 0 fully saturated rings. The molecule has 2 aromatic rings. The third-order valence-corrected chi connectivity index (χ3v) is 6.08.